The molecule has 0 saturated heterocycles. The van der Waals surface area contributed by atoms with Crippen molar-refractivity contribution in [2.45, 2.75) is 207 Å². The molecular weight excluding hydrogens is 1100 g/mol. The van der Waals surface area contributed by atoms with E-state index in [0.717, 1.165) is 22.3 Å². The number of carboxylic acid groups (broad SMARTS) is 1. The van der Waals surface area contributed by atoms with Gasteiger partial charge in [-0.2, -0.15) is 0 Å². The van der Waals surface area contributed by atoms with Crippen molar-refractivity contribution in [1.29, 1.82) is 0 Å². The van der Waals surface area contributed by atoms with E-state index < -0.39 is 113 Å². The van der Waals surface area contributed by atoms with Crippen LogP contribution in [-0.2, 0) is 49.4 Å². The number of ether oxygens (including phenoxy) is 4. The van der Waals surface area contributed by atoms with Crippen LogP contribution < -0.4 is 47.3 Å². The second-order valence-corrected chi connectivity index (χ2v) is 25.5. The van der Waals surface area contributed by atoms with Crippen LogP contribution in [0.1, 0.15) is 164 Å². The molecule has 3 aromatic rings. The lowest BCUT2D eigenvalue weighted by molar-refractivity contribution is -0.142. The summed E-state index contributed by atoms with van der Waals surface area (Å²) in [5.74, 6) is -5.49. The lowest BCUT2D eigenvalue weighted by Gasteiger charge is -2.28. The zero-order chi connectivity index (χ0) is 64.1. The number of unbranched alkanes of at least 4 members (excludes halogenated alkanes) is 2. The van der Waals surface area contributed by atoms with Crippen LogP contribution in [0.5, 0.6) is 5.75 Å². The number of hydrogen-bond acceptors (Lipinski definition) is 13. The van der Waals surface area contributed by atoms with Gasteiger partial charge in [-0.25, -0.2) is 14.4 Å². The van der Waals surface area contributed by atoms with Crippen LogP contribution in [0.2, 0.25) is 0 Å². The van der Waals surface area contributed by atoms with E-state index in [4.69, 9.17) is 18.9 Å². The van der Waals surface area contributed by atoms with Gasteiger partial charge in [-0.3, -0.25) is 28.8 Å². The molecule has 0 saturated carbocycles. The second-order valence-electron chi connectivity index (χ2n) is 25.5. The summed E-state index contributed by atoms with van der Waals surface area (Å²) in [6.07, 6.45) is -1.02. The molecule has 0 unspecified atom stereocenters. The van der Waals surface area contributed by atoms with Gasteiger partial charge in [-0.05, 0) is 166 Å². The molecule has 0 fully saturated rings. The van der Waals surface area contributed by atoms with Gasteiger partial charge in [0.25, 0.3) is 0 Å². The van der Waals surface area contributed by atoms with Gasteiger partial charge in [-0.1, -0.05) is 88.4 Å². The van der Waals surface area contributed by atoms with Crippen molar-refractivity contribution in [3.63, 3.8) is 0 Å². The molecule has 0 aliphatic heterocycles. The number of rotatable bonds is 30. The molecule has 0 aromatic heterocycles. The number of carbonyl (C=O) groups excluding carboxylic acids is 8. The second kappa shape index (κ2) is 32.6. The van der Waals surface area contributed by atoms with Gasteiger partial charge in [0.2, 0.25) is 29.5 Å². The number of carboxylic acids is 1. The molecule has 0 radical (unpaired) electrons. The van der Waals surface area contributed by atoms with E-state index in [9.17, 15) is 48.3 Å². The first-order valence-corrected chi connectivity index (χ1v) is 29.8. The topological polar surface area (TPSA) is 307 Å². The standard InChI is InChI=1S/C64H94N8O14/c1-38(2)35-50(55(75)67-40(5)58(78)79)70-56(76)51(36-41-29-31-42(32-30-41)84-62(6,7)8)71-54(74)48(27-19-21-33-65-59(80)85-63(9,10)11)68-53(73)49(28-20-22-34-66-60(81)86-64(12,13)14)69-57(77)52(39(3)4)72-61(82)83-37-47-45-25-17-15-23-43(45)44-24-16-18-26-46(44)47/h15-18,23-26,29-32,38-40,47-52H,19-22,27-28,33-37H2,1-14H3,(H,65,80)(H,66,81)(H,67,75)(H,68,73)(H,69,77)(H,70,76)(H,71,74)(H,72,82)(H,78,79)/t40-,48-,49-,50-,51-,52-/m0/s1. The van der Waals surface area contributed by atoms with Crippen LogP contribution in [0.4, 0.5) is 14.4 Å². The summed E-state index contributed by atoms with van der Waals surface area (Å²) in [5.41, 5.74) is 2.63. The maximum atomic E-state index is 14.9. The summed E-state index contributed by atoms with van der Waals surface area (Å²) in [4.78, 5) is 123. The van der Waals surface area contributed by atoms with Crippen LogP contribution in [0.3, 0.4) is 0 Å². The molecule has 474 valence electrons. The van der Waals surface area contributed by atoms with Crippen LogP contribution in [-0.4, -0.2) is 132 Å². The largest absolute Gasteiger partial charge is 0.488 e. The smallest absolute Gasteiger partial charge is 0.407 e. The Morgan fingerprint density at radius 2 is 0.942 bits per heavy atom. The fourth-order valence-corrected chi connectivity index (χ4v) is 9.44. The van der Waals surface area contributed by atoms with E-state index in [1.807, 2.05) is 83.1 Å². The Balaban J connectivity index is 1.66. The number of aliphatic carboxylic acids is 1. The van der Waals surface area contributed by atoms with Crippen LogP contribution in [0.25, 0.3) is 11.1 Å². The molecule has 9 N–H and O–H groups in total. The number of alkyl carbamates (subject to hydrolysis) is 3. The predicted octanol–water partition coefficient (Wildman–Crippen LogP) is 7.93. The number of fused-ring (bicyclic) bond motifs is 3. The van der Waals surface area contributed by atoms with Crippen molar-refractivity contribution < 1.29 is 67.2 Å². The maximum Gasteiger partial charge on any atom is 0.407 e. The molecule has 86 heavy (non-hydrogen) atoms. The molecule has 1 aliphatic carbocycles. The summed E-state index contributed by atoms with van der Waals surface area (Å²) in [6.45, 7) is 24.7. The Bertz CT molecular complexity index is 2740. The minimum absolute atomic E-state index is 0.00275. The number of benzene rings is 3. The Labute approximate surface area is 506 Å². The number of nitrogens with one attached hydrogen (secondary N) is 8. The van der Waals surface area contributed by atoms with Gasteiger partial charge in [-0.15, -0.1) is 0 Å². The van der Waals surface area contributed by atoms with Crippen LogP contribution in [0, 0.1) is 11.8 Å². The third-order valence-electron chi connectivity index (χ3n) is 13.5. The molecule has 6 atom stereocenters. The highest BCUT2D eigenvalue weighted by Gasteiger charge is 2.36. The van der Waals surface area contributed by atoms with Crippen molar-refractivity contribution in [2.24, 2.45) is 11.8 Å². The molecule has 0 heterocycles. The third kappa shape index (κ3) is 24.6. The van der Waals surface area contributed by atoms with E-state index in [-0.39, 0.29) is 70.1 Å². The Hall–Kier alpha value is -7.91. The SMILES string of the molecule is CC(C)C[C@H](NC(=O)[C@H](Cc1ccc(OC(C)(C)C)cc1)NC(=O)[C@H](CCCCNC(=O)OC(C)(C)C)NC(=O)[C@H](CCCCNC(=O)OC(C)(C)C)NC(=O)[C@@H](NC(=O)OCC1c2ccccc2-c2ccccc21)C(C)C)C(=O)N[C@@H](C)C(=O)O. The number of hydrogen-bond donors (Lipinski definition) is 9. The van der Waals surface area contributed by atoms with E-state index >= 15 is 0 Å². The van der Waals surface area contributed by atoms with E-state index in [1.54, 1.807) is 79.7 Å². The molecule has 4 rings (SSSR count). The maximum absolute atomic E-state index is 14.9. The van der Waals surface area contributed by atoms with Gasteiger partial charge in [0, 0.05) is 25.4 Å². The molecule has 0 spiro atoms. The highest BCUT2D eigenvalue weighted by molar-refractivity contribution is 5.97. The average molecular weight is 1200 g/mol. The van der Waals surface area contributed by atoms with Gasteiger partial charge in [0.05, 0.1) is 0 Å². The number of amides is 8. The Kier molecular flexibility index (Phi) is 26.7. The zero-order valence-electron chi connectivity index (χ0n) is 52.7. The Morgan fingerprint density at radius 3 is 1.40 bits per heavy atom. The normalized spacial score (nSPS) is 14.3. The van der Waals surface area contributed by atoms with Crippen molar-refractivity contribution in [3.8, 4) is 16.9 Å². The zero-order valence-corrected chi connectivity index (χ0v) is 52.7. The van der Waals surface area contributed by atoms with E-state index in [2.05, 4.69) is 42.5 Å². The summed E-state index contributed by atoms with van der Waals surface area (Å²) >= 11 is 0. The molecule has 3 aromatic carbocycles. The quantitative estimate of drug-likeness (QED) is 0.0226. The van der Waals surface area contributed by atoms with E-state index in [1.165, 1.54) is 6.92 Å². The first kappa shape index (κ1) is 70.6. The third-order valence-corrected chi connectivity index (χ3v) is 13.5. The van der Waals surface area contributed by atoms with Crippen molar-refractivity contribution in [3.05, 3.63) is 89.5 Å². The minimum Gasteiger partial charge on any atom is -0.488 e. The molecular formula is C64H94N8O14. The molecule has 22 heteroatoms. The minimum atomic E-state index is -1.38. The summed E-state index contributed by atoms with van der Waals surface area (Å²) in [6, 6.07) is 14.9. The lowest BCUT2D eigenvalue weighted by Crippen LogP contribution is -2.60. The van der Waals surface area contributed by atoms with Gasteiger partial charge >= 0.3 is 24.2 Å². The van der Waals surface area contributed by atoms with E-state index in [0.29, 0.717) is 24.2 Å². The van der Waals surface area contributed by atoms with Crippen LogP contribution >= 0.6 is 0 Å². The van der Waals surface area contributed by atoms with Crippen molar-refractivity contribution in [2.75, 3.05) is 19.7 Å². The monoisotopic (exact) mass is 1200 g/mol. The molecule has 8 amide bonds. The highest BCUT2D eigenvalue weighted by Crippen LogP contribution is 2.44. The molecule has 1 aliphatic rings. The first-order chi connectivity index (χ1) is 40.2. The van der Waals surface area contributed by atoms with Crippen LogP contribution in [0.15, 0.2) is 72.8 Å². The fourth-order valence-electron chi connectivity index (χ4n) is 9.44. The Morgan fingerprint density at radius 1 is 0.500 bits per heavy atom. The average Bonchev–Trinajstić information content (AvgIpc) is 1.77. The van der Waals surface area contributed by atoms with Gasteiger partial charge < -0.3 is 66.6 Å². The summed E-state index contributed by atoms with van der Waals surface area (Å²) < 4.78 is 22.6. The molecule has 22 nitrogen and oxygen atoms in total. The summed E-state index contributed by atoms with van der Waals surface area (Å²) in [5, 5.41) is 31.3. The predicted molar refractivity (Wildman–Crippen MR) is 326 cm³/mol. The number of carbonyl (C=O) groups is 9. The van der Waals surface area contributed by atoms with Crippen molar-refractivity contribution >= 4 is 53.8 Å². The fraction of sp³-hybridized carbons (Fsp3) is 0.578. The van der Waals surface area contributed by atoms with Gasteiger partial charge in [0.15, 0.2) is 0 Å². The van der Waals surface area contributed by atoms with Gasteiger partial charge in [0.1, 0.15) is 65.4 Å². The van der Waals surface area contributed by atoms with Crippen molar-refractivity contribution in [1.82, 2.24) is 42.5 Å². The lowest BCUT2D eigenvalue weighted by atomic mass is 9.98. The first-order valence-electron chi connectivity index (χ1n) is 29.8. The summed E-state index contributed by atoms with van der Waals surface area (Å²) in [7, 11) is 0. The molecule has 0 bridgehead atoms. The highest BCUT2D eigenvalue weighted by atomic mass is 16.6.